The maximum absolute atomic E-state index is 13.2. The van der Waals surface area contributed by atoms with Gasteiger partial charge in [-0.1, -0.05) is 25.5 Å². The molecule has 1 aliphatic heterocycles. The predicted molar refractivity (Wildman–Crippen MR) is 130 cm³/mol. The van der Waals surface area contributed by atoms with E-state index in [0.29, 0.717) is 41.6 Å². The molecule has 0 atom stereocenters. The lowest BCUT2D eigenvalue weighted by Gasteiger charge is -2.19. The first-order valence-corrected chi connectivity index (χ1v) is 11.1. The Morgan fingerprint density at radius 1 is 0.939 bits per heavy atom. The van der Waals surface area contributed by atoms with Crippen LogP contribution in [0.4, 0.5) is 21.9 Å². The molecule has 3 aromatic rings. The van der Waals surface area contributed by atoms with Crippen molar-refractivity contribution in [2.45, 2.75) is 26.7 Å². The normalized spacial score (nSPS) is 12.2. The Morgan fingerprint density at radius 2 is 1.67 bits per heavy atom. The predicted octanol–water partition coefficient (Wildman–Crippen LogP) is 6.28. The highest BCUT2D eigenvalue weighted by molar-refractivity contribution is 6.10. The zero-order valence-electron chi connectivity index (χ0n) is 18.8. The van der Waals surface area contributed by atoms with Gasteiger partial charge in [0.1, 0.15) is 11.5 Å². The third-order valence-corrected chi connectivity index (χ3v) is 5.28. The van der Waals surface area contributed by atoms with Crippen LogP contribution in [-0.2, 0) is 0 Å². The number of anilines is 3. The van der Waals surface area contributed by atoms with Gasteiger partial charge in [-0.2, -0.15) is 0 Å². The highest BCUT2D eigenvalue weighted by atomic mass is 16.5. The van der Waals surface area contributed by atoms with Gasteiger partial charge >= 0.3 is 6.03 Å². The average molecular weight is 446 g/mol. The zero-order valence-corrected chi connectivity index (χ0v) is 18.8. The molecule has 1 aliphatic rings. The number of unbranched alkanes of at least 4 members (excludes halogenated alkanes) is 1. The lowest BCUT2D eigenvalue weighted by molar-refractivity contribution is 0.0988. The van der Waals surface area contributed by atoms with E-state index < -0.39 is 6.03 Å². The van der Waals surface area contributed by atoms with Gasteiger partial charge in [-0.05, 0) is 67.9 Å². The summed E-state index contributed by atoms with van der Waals surface area (Å²) >= 11 is 0. The van der Waals surface area contributed by atoms with Crippen LogP contribution >= 0.6 is 0 Å². The molecule has 7 heteroatoms. The first-order chi connectivity index (χ1) is 16.1. The number of urea groups is 1. The van der Waals surface area contributed by atoms with Gasteiger partial charge < -0.3 is 25.0 Å². The second-order valence-electron chi connectivity index (χ2n) is 7.64. The first-order valence-electron chi connectivity index (χ1n) is 11.1. The van der Waals surface area contributed by atoms with Gasteiger partial charge in [0.25, 0.3) is 5.91 Å². The Bertz CT molecular complexity index is 1140. The van der Waals surface area contributed by atoms with E-state index in [-0.39, 0.29) is 5.91 Å². The number of fused-ring (bicyclic) bond motifs is 2. The minimum Gasteiger partial charge on any atom is -0.494 e. The number of ether oxygens (including phenoxy) is 2. The smallest absolute Gasteiger partial charge is 0.323 e. The van der Waals surface area contributed by atoms with Crippen LogP contribution in [0.2, 0.25) is 0 Å². The molecule has 2 N–H and O–H groups in total. The van der Waals surface area contributed by atoms with Crippen LogP contribution in [0.1, 0.15) is 37.0 Å². The van der Waals surface area contributed by atoms with Crippen molar-refractivity contribution < 1.29 is 19.1 Å². The fourth-order valence-electron chi connectivity index (χ4n) is 3.58. The largest absolute Gasteiger partial charge is 0.494 e. The average Bonchev–Trinajstić information content (AvgIpc) is 2.94. The minimum absolute atomic E-state index is 0.180. The zero-order chi connectivity index (χ0) is 23.2. The quantitative estimate of drug-likeness (QED) is 0.419. The number of rotatable bonds is 7. The van der Waals surface area contributed by atoms with E-state index in [9.17, 15) is 9.59 Å². The van der Waals surface area contributed by atoms with E-state index in [0.717, 1.165) is 24.3 Å². The molecule has 0 bridgehead atoms. The van der Waals surface area contributed by atoms with Crippen molar-refractivity contribution in [2.24, 2.45) is 0 Å². The fraction of sp³-hybridized carbons (Fsp3) is 0.231. The van der Waals surface area contributed by atoms with E-state index in [2.05, 4.69) is 17.6 Å². The van der Waals surface area contributed by atoms with Gasteiger partial charge in [0, 0.05) is 17.9 Å². The number of nitrogens with one attached hydrogen (secondary N) is 2. The molecular weight excluding hydrogens is 418 g/mol. The molecule has 0 radical (unpaired) electrons. The summed E-state index contributed by atoms with van der Waals surface area (Å²) < 4.78 is 11.6. The highest BCUT2D eigenvalue weighted by Gasteiger charge is 2.27. The van der Waals surface area contributed by atoms with Crippen LogP contribution in [0.25, 0.3) is 0 Å². The van der Waals surface area contributed by atoms with Gasteiger partial charge in [-0.25, -0.2) is 4.79 Å². The Kier molecular flexibility index (Phi) is 6.78. The summed E-state index contributed by atoms with van der Waals surface area (Å²) in [4.78, 5) is 27.4. The van der Waals surface area contributed by atoms with E-state index in [1.54, 1.807) is 35.2 Å². The Balaban J connectivity index is 1.45. The molecule has 3 amide bonds. The summed E-state index contributed by atoms with van der Waals surface area (Å²) in [5.41, 5.74) is 2.23. The number of para-hydroxylation sites is 2. The Labute approximate surface area is 193 Å². The number of nitrogens with zero attached hydrogens (tertiary/aromatic N) is 1. The van der Waals surface area contributed by atoms with Crippen molar-refractivity contribution >= 4 is 29.0 Å². The van der Waals surface area contributed by atoms with Gasteiger partial charge in [-0.3, -0.25) is 4.79 Å². The number of hydrogen-bond donors (Lipinski definition) is 2. The second-order valence-corrected chi connectivity index (χ2v) is 7.64. The molecule has 0 unspecified atom stereocenters. The third-order valence-electron chi connectivity index (χ3n) is 5.28. The molecule has 170 valence electrons. The van der Waals surface area contributed by atoms with Crippen molar-refractivity contribution in [3.8, 4) is 17.2 Å². The molecule has 33 heavy (non-hydrogen) atoms. The molecule has 1 heterocycles. The van der Waals surface area contributed by atoms with Crippen molar-refractivity contribution in [3.05, 3.63) is 72.3 Å². The fourth-order valence-corrected chi connectivity index (χ4v) is 3.58. The summed E-state index contributed by atoms with van der Waals surface area (Å²) in [6, 6.07) is 19.3. The molecule has 3 aromatic carbocycles. The van der Waals surface area contributed by atoms with E-state index in [4.69, 9.17) is 9.47 Å². The first kappa shape index (κ1) is 22.2. The topological polar surface area (TPSA) is 79.9 Å². The van der Waals surface area contributed by atoms with Gasteiger partial charge in [0.15, 0.2) is 5.75 Å². The van der Waals surface area contributed by atoms with Crippen LogP contribution in [0.3, 0.4) is 0 Å². The molecule has 7 nitrogen and oxygen atoms in total. The van der Waals surface area contributed by atoms with Crippen LogP contribution in [-0.4, -0.2) is 25.1 Å². The van der Waals surface area contributed by atoms with Crippen molar-refractivity contribution in [3.63, 3.8) is 0 Å². The molecule has 0 saturated carbocycles. The number of hydrogen-bond acceptors (Lipinski definition) is 4. The second kappa shape index (κ2) is 10.1. The van der Waals surface area contributed by atoms with Crippen molar-refractivity contribution in [1.29, 1.82) is 0 Å². The summed E-state index contributed by atoms with van der Waals surface area (Å²) in [5.74, 6) is 1.65. The van der Waals surface area contributed by atoms with Crippen molar-refractivity contribution in [1.82, 2.24) is 0 Å². The summed E-state index contributed by atoms with van der Waals surface area (Å²) in [6.45, 7) is 5.19. The van der Waals surface area contributed by atoms with Crippen LogP contribution in [0, 0.1) is 0 Å². The van der Waals surface area contributed by atoms with Gasteiger partial charge in [0.05, 0.1) is 17.9 Å². The van der Waals surface area contributed by atoms with E-state index in [1.165, 1.54) is 0 Å². The van der Waals surface area contributed by atoms with Crippen molar-refractivity contribution in [2.75, 3.05) is 28.7 Å². The third kappa shape index (κ3) is 5.09. The summed E-state index contributed by atoms with van der Waals surface area (Å²) in [7, 11) is 0. The van der Waals surface area contributed by atoms with Crippen LogP contribution < -0.4 is 25.0 Å². The Morgan fingerprint density at radius 3 is 2.42 bits per heavy atom. The monoisotopic (exact) mass is 445 g/mol. The summed E-state index contributed by atoms with van der Waals surface area (Å²) in [5, 5.41) is 5.57. The van der Waals surface area contributed by atoms with E-state index >= 15 is 0 Å². The Hall–Kier alpha value is -4.00. The maximum atomic E-state index is 13.2. The van der Waals surface area contributed by atoms with Crippen LogP contribution in [0.15, 0.2) is 66.7 Å². The molecule has 4 rings (SSSR count). The van der Waals surface area contributed by atoms with Crippen LogP contribution in [0.5, 0.6) is 17.2 Å². The highest BCUT2D eigenvalue weighted by Crippen LogP contribution is 2.39. The maximum Gasteiger partial charge on any atom is 0.323 e. The molecule has 0 aromatic heterocycles. The standard InChI is InChI=1S/C26H27N3O4/c1-3-5-16-32-20-13-10-18(11-14-20)27-26(31)28-19-12-15-23-21(17-19)25(30)29(4-2)22-8-6-7-9-24(22)33-23/h6-15,17H,3-5,16H2,1-2H3,(H2,27,28,31). The number of amides is 3. The molecule has 0 aliphatic carbocycles. The summed E-state index contributed by atoms with van der Waals surface area (Å²) in [6.07, 6.45) is 2.07. The minimum atomic E-state index is -0.410. The molecule has 0 saturated heterocycles. The number of carbonyl (C=O) groups is 2. The number of carbonyl (C=O) groups excluding carboxylic acids is 2. The SMILES string of the molecule is CCCCOc1ccc(NC(=O)Nc2ccc3c(c2)C(=O)N(CC)c2ccccc2O3)cc1. The number of benzene rings is 3. The van der Waals surface area contributed by atoms with Gasteiger partial charge in [-0.15, -0.1) is 0 Å². The molecular formula is C26H27N3O4. The lowest BCUT2D eigenvalue weighted by atomic mass is 10.1. The lowest BCUT2D eigenvalue weighted by Crippen LogP contribution is -2.29. The van der Waals surface area contributed by atoms with E-state index in [1.807, 2.05) is 43.3 Å². The van der Waals surface area contributed by atoms with Gasteiger partial charge in [0.2, 0.25) is 0 Å². The molecule has 0 fully saturated rings. The molecule has 0 spiro atoms.